The number of unbranched alkanes of at least 4 members (excludes halogenated alkanes) is 2. The number of ether oxygens (including phenoxy) is 1. The van der Waals surface area contributed by atoms with Crippen molar-refractivity contribution >= 4 is 64.2 Å². The number of rotatable bonds is 19. The van der Waals surface area contributed by atoms with Crippen LogP contribution in [0.4, 0.5) is 20.6 Å². The summed E-state index contributed by atoms with van der Waals surface area (Å²) in [5.74, 6) is -2.08. The van der Waals surface area contributed by atoms with Crippen LogP contribution in [0, 0.1) is 11.7 Å². The number of imide groups is 1. The maximum atomic E-state index is 15.3. The number of anilines is 2. The lowest BCUT2D eigenvalue weighted by Crippen LogP contribution is -2.49. The molecule has 20 heteroatoms. The summed E-state index contributed by atoms with van der Waals surface area (Å²) in [5.41, 5.74) is 1.89. The first-order valence-electron chi connectivity index (χ1n) is 21.9. The number of nitrogens with zero attached hydrogens (tertiary/aromatic N) is 7. The summed E-state index contributed by atoms with van der Waals surface area (Å²) in [7, 11) is 0. The Morgan fingerprint density at radius 1 is 0.892 bits per heavy atom. The van der Waals surface area contributed by atoms with Crippen molar-refractivity contribution in [1.29, 1.82) is 0 Å². The first kappa shape index (κ1) is 47.5. The maximum absolute atomic E-state index is 15.3. The van der Waals surface area contributed by atoms with Gasteiger partial charge in [-0.15, -0.1) is 5.10 Å². The molecule has 2 aromatic heterocycles. The molecule has 65 heavy (non-hydrogen) atoms. The number of aromatic nitrogens is 4. The number of pyridine rings is 1. The van der Waals surface area contributed by atoms with Gasteiger partial charge >= 0.3 is 6.09 Å². The van der Waals surface area contributed by atoms with Crippen molar-refractivity contribution in [2.24, 2.45) is 5.92 Å². The fourth-order valence-corrected chi connectivity index (χ4v) is 7.79. The molecule has 0 spiro atoms. The number of carbonyl (C=O) groups is 7. The fraction of sp³-hybridized carbons (Fsp3) is 0.467. The van der Waals surface area contributed by atoms with Crippen LogP contribution in [0.2, 0.25) is 0 Å². The van der Waals surface area contributed by atoms with Gasteiger partial charge in [0.2, 0.25) is 29.5 Å². The third-order valence-electron chi connectivity index (χ3n) is 11.5. The van der Waals surface area contributed by atoms with Crippen molar-refractivity contribution in [1.82, 2.24) is 40.0 Å². The van der Waals surface area contributed by atoms with Gasteiger partial charge in [0.15, 0.2) is 11.7 Å². The van der Waals surface area contributed by atoms with Crippen LogP contribution in [-0.2, 0) is 48.4 Å². The van der Waals surface area contributed by atoms with Crippen LogP contribution in [0.1, 0.15) is 93.9 Å². The van der Waals surface area contributed by atoms with Crippen molar-refractivity contribution in [3.8, 4) is 0 Å². The van der Waals surface area contributed by atoms with Crippen molar-refractivity contribution in [3.63, 3.8) is 0 Å². The second-order valence-electron chi connectivity index (χ2n) is 16.5. The van der Waals surface area contributed by atoms with Gasteiger partial charge in [0.25, 0.3) is 0 Å². The number of aryl methyl sites for hydroxylation is 1. The van der Waals surface area contributed by atoms with Gasteiger partial charge in [-0.3, -0.25) is 38.5 Å². The molecule has 2 aromatic carbocycles. The smallest absolute Gasteiger partial charge is 0.410 e. The van der Waals surface area contributed by atoms with Gasteiger partial charge in [-0.2, -0.15) is 0 Å². The van der Waals surface area contributed by atoms with Gasteiger partial charge in [0, 0.05) is 75.8 Å². The molecule has 6 rings (SSSR count). The van der Waals surface area contributed by atoms with Gasteiger partial charge in [-0.1, -0.05) is 37.6 Å². The molecular formula is C45H55FN10O9. The highest BCUT2D eigenvalue weighted by Gasteiger charge is 2.29. The number of amides is 6. The zero-order valence-corrected chi connectivity index (χ0v) is 37.0. The Balaban J connectivity index is 0.908. The number of hydrogen-bond donors (Lipinski definition) is 3. The SMILES string of the molecule is CCn1cc(C=O)c(=O)c2cc(F)c(N3CCN(C(=O)OCc4ccc(NC(=O)Cn5cc(C(NC(=O)[C@H](C)NC(=O)CCCCCN6C(=O)CCC6=O)C(C)C)nn5)cc4)CC3)cc21. The third kappa shape index (κ3) is 12.0. The summed E-state index contributed by atoms with van der Waals surface area (Å²) in [4.78, 5) is 104. The van der Waals surface area contributed by atoms with E-state index in [2.05, 4.69) is 26.3 Å². The minimum Gasteiger partial charge on any atom is -0.445 e. The first-order chi connectivity index (χ1) is 31.1. The van der Waals surface area contributed by atoms with Crippen molar-refractivity contribution in [2.75, 3.05) is 42.9 Å². The summed E-state index contributed by atoms with van der Waals surface area (Å²) in [6.45, 7) is 9.12. The van der Waals surface area contributed by atoms with Crippen molar-refractivity contribution in [3.05, 3.63) is 81.7 Å². The summed E-state index contributed by atoms with van der Waals surface area (Å²) < 4.78 is 23.9. The molecule has 0 saturated carbocycles. The van der Waals surface area contributed by atoms with Gasteiger partial charge in [0.1, 0.15) is 30.7 Å². The maximum Gasteiger partial charge on any atom is 0.410 e. The lowest BCUT2D eigenvalue weighted by atomic mass is 10.0. The lowest BCUT2D eigenvalue weighted by Gasteiger charge is -2.35. The average molecular weight is 899 g/mol. The minimum absolute atomic E-state index is 0.0148. The number of piperazine rings is 1. The van der Waals surface area contributed by atoms with E-state index in [1.807, 2.05) is 20.8 Å². The summed E-state index contributed by atoms with van der Waals surface area (Å²) in [6.07, 6.45) is 5.51. The molecule has 3 N–H and O–H groups in total. The normalized spacial score (nSPS) is 15.0. The van der Waals surface area contributed by atoms with E-state index in [-0.39, 0.29) is 86.0 Å². The lowest BCUT2D eigenvalue weighted by molar-refractivity contribution is -0.138. The Bertz CT molecular complexity index is 2460. The van der Waals surface area contributed by atoms with Gasteiger partial charge in [-0.25, -0.2) is 13.9 Å². The fourth-order valence-electron chi connectivity index (χ4n) is 7.79. The molecule has 0 radical (unpaired) electrons. The molecule has 0 aliphatic carbocycles. The number of carbonyl (C=O) groups excluding carboxylic acids is 7. The molecule has 2 saturated heterocycles. The van der Waals surface area contributed by atoms with Crippen molar-refractivity contribution in [2.45, 2.75) is 98.0 Å². The van der Waals surface area contributed by atoms with Crippen LogP contribution in [0.15, 0.2) is 53.6 Å². The molecule has 346 valence electrons. The Labute approximate surface area is 374 Å². The molecule has 2 aliphatic rings. The van der Waals surface area contributed by atoms with E-state index in [1.165, 1.54) is 26.7 Å². The molecule has 6 amide bonds. The second kappa shape index (κ2) is 21.6. The number of nitrogens with one attached hydrogen (secondary N) is 3. The van der Waals surface area contributed by atoms with E-state index >= 15 is 4.39 Å². The summed E-state index contributed by atoms with van der Waals surface area (Å²) in [5, 5.41) is 16.8. The van der Waals surface area contributed by atoms with Crippen LogP contribution < -0.4 is 26.3 Å². The summed E-state index contributed by atoms with van der Waals surface area (Å²) >= 11 is 0. The monoisotopic (exact) mass is 898 g/mol. The van der Waals surface area contributed by atoms with E-state index in [0.29, 0.717) is 79.9 Å². The Morgan fingerprint density at radius 3 is 2.26 bits per heavy atom. The highest BCUT2D eigenvalue weighted by Crippen LogP contribution is 2.27. The number of fused-ring (bicyclic) bond motifs is 1. The summed E-state index contributed by atoms with van der Waals surface area (Å²) in [6, 6.07) is 8.18. The van der Waals surface area contributed by atoms with Crippen LogP contribution in [0.25, 0.3) is 10.9 Å². The molecule has 2 fully saturated rings. The Hall–Kier alpha value is -6.99. The van der Waals surface area contributed by atoms with Crippen LogP contribution in [0.3, 0.4) is 0 Å². The quantitative estimate of drug-likeness (QED) is 0.0696. The largest absolute Gasteiger partial charge is 0.445 e. The van der Waals surface area contributed by atoms with E-state index in [1.54, 1.807) is 52.9 Å². The van der Waals surface area contributed by atoms with E-state index in [9.17, 15) is 38.4 Å². The van der Waals surface area contributed by atoms with E-state index in [4.69, 9.17) is 4.74 Å². The van der Waals surface area contributed by atoms with Gasteiger partial charge in [0.05, 0.1) is 29.0 Å². The standard InChI is InChI=1S/C45H55FN10O9/c1-5-52-23-31(26-57)43(62)33-21-34(46)37(22-36(33)52)53-17-19-54(20-18-53)45(64)65-27-30-10-12-32(13-11-30)48-39(59)25-55-24-35(50-51-55)42(28(2)3)49-44(63)29(4)47-38(58)9-7-6-8-16-56-40(60)14-15-41(56)61/h10-13,21-24,26,28-29,42H,5-9,14-20,25,27H2,1-4H3,(H,47,58)(H,48,59)(H,49,63)/t29-,42?/m0/s1. The zero-order valence-electron chi connectivity index (χ0n) is 37.0. The highest BCUT2D eigenvalue weighted by atomic mass is 19.1. The topological polar surface area (TPSA) is 227 Å². The number of benzene rings is 2. The average Bonchev–Trinajstić information content (AvgIpc) is 3.88. The number of halogens is 1. The number of hydrogen-bond acceptors (Lipinski definition) is 12. The van der Waals surface area contributed by atoms with Crippen LogP contribution in [-0.4, -0.2) is 110 Å². The van der Waals surface area contributed by atoms with Gasteiger partial charge < -0.3 is 35.1 Å². The molecular weight excluding hydrogens is 844 g/mol. The third-order valence-corrected chi connectivity index (χ3v) is 11.5. The molecule has 2 aliphatic heterocycles. The van der Waals surface area contributed by atoms with Crippen LogP contribution >= 0.6 is 0 Å². The van der Waals surface area contributed by atoms with E-state index < -0.39 is 35.3 Å². The highest BCUT2D eigenvalue weighted by molar-refractivity contribution is 6.02. The second-order valence-corrected chi connectivity index (χ2v) is 16.5. The van der Waals surface area contributed by atoms with Crippen molar-refractivity contribution < 1.29 is 42.7 Å². The molecule has 0 bridgehead atoms. The predicted octanol–water partition coefficient (Wildman–Crippen LogP) is 3.69. The zero-order chi connectivity index (χ0) is 46.8. The number of aldehydes is 1. The van der Waals surface area contributed by atoms with E-state index in [0.717, 1.165) is 0 Å². The van der Waals surface area contributed by atoms with Gasteiger partial charge in [-0.05, 0) is 62.4 Å². The Morgan fingerprint density at radius 2 is 1.60 bits per heavy atom. The Kier molecular flexibility index (Phi) is 15.8. The van der Waals surface area contributed by atoms with Crippen LogP contribution in [0.5, 0.6) is 0 Å². The number of likely N-dealkylation sites (tertiary alicyclic amines) is 1. The molecule has 1 unspecified atom stereocenters. The minimum atomic E-state index is -0.826. The predicted molar refractivity (Wildman–Crippen MR) is 236 cm³/mol. The first-order valence-corrected chi connectivity index (χ1v) is 21.9. The molecule has 4 heterocycles. The molecule has 4 aromatic rings. The molecule has 2 atom stereocenters. The molecule has 19 nitrogen and oxygen atoms in total.